The van der Waals surface area contributed by atoms with Gasteiger partial charge in [-0.15, -0.1) is 0 Å². The Hall–Kier alpha value is -5.28. The molecule has 5 aromatic rings. The molecule has 8 rings (SSSR count). The maximum atomic E-state index is 15.2. The smallest absolute Gasteiger partial charge is 0.261 e. The molecule has 13 nitrogen and oxygen atoms in total. The van der Waals surface area contributed by atoms with Crippen LogP contribution in [0.25, 0.3) is 16.6 Å². The SMILES string of the molecule is CC(C)(O)c1cc2nn(C3CCC(N4CCN(c5cc(F)c([C@H]6CCC(=O)NC6=O)c(F)c5)CC4)CC3)cc2cc1NC(=O)c1cnn2cccnc12. The van der Waals surface area contributed by atoms with Gasteiger partial charge in [-0.1, -0.05) is 0 Å². The fourth-order valence-electron chi connectivity index (χ4n) is 8.15. The molecule has 3 aromatic heterocycles. The van der Waals surface area contributed by atoms with Crippen LogP contribution in [0.1, 0.15) is 85.8 Å². The molecule has 0 unspecified atom stereocenters. The Balaban J connectivity index is 0.904. The van der Waals surface area contributed by atoms with Crippen molar-refractivity contribution in [2.24, 2.45) is 0 Å². The van der Waals surface area contributed by atoms with Gasteiger partial charge in [0.05, 0.1) is 29.3 Å². The number of benzene rings is 2. The average molecular weight is 726 g/mol. The van der Waals surface area contributed by atoms with E-state index in [2.05, 4.69) is 25.6 Å². The van der Waals surface area contributed by atoms with Crippen molar-refractivity contribution in [2.45, 2.75) is 76.0 Å². The summed E-state index contributed by atoms with van der Waals surface area (Å²) in [5, 5.41) is 26.2. The number of piperazine rings is 1. The number of hydrogen-bond acceptors (Lipinski definition) is 9. The summed E-state index contributed by atoms with van der Waals surface area (Å²) in [5.41, 5.74) is 1.46. The maximum Gasteiger partial charge on any atom is 0.261 e. The molecule has 15 heteroatoms. The van der Waals surface area contributed by atoms with E-state index >= 15 is 8.78 Å². The summed E-state index contributed by atoms with van der Waals surface area (Å²) in [6.07, 6.45) is 10.8. The summed E-state index contributed by atoms with van der Waals surface area (Å²) < 4.78 is 33.9. The first-order valence-electron chi connectivity index (χ1n) is 18.1. The van der Waals surface area contributed by atoms with E-state index in [1.807, 2.05) is 27.9 Å². The fourth-order valence-corrected chi connectivity index (χ4v) is 8.15. The maximum absolute atomic E-state index is 15.2. The van der Waals surface area contributed by atoms with Crippen molar-refractivity contribution in [1.82, 2.24) is 34.6 Å². The molecule has 3 N–H and O–H groups in total. The Morgan fingerprint density at radius 1 is 0.981 bits per heavy atom. The predicted octanol–water partition coefficient (Wildman–Crippen LogP) is 4.66. The first kappa shape index (κ1) is 34.8. The van der Waals surface area contributed by atoms with Crippen LogP contribution in [0.15, 0.2) is 55.1 Å². The van der Waals surface area contributed by atoms with Crippen molar-refractivity contribution in [3.8, 4) is 0 Å². The highest BCUT2D eigenvalue weighted by Gasteiger charge is 2.34. The molecule has 2 aliphatic heterocycles. The average Bonchev–Trinajstić information content (AvgIpc) is 3.76. The number of rotatable bonds is 7. The highest BCUT2D eigenvalue weighted by atomic mass is 19.1. The fraction of sp³-hybridized carbons (Fsp3) is 0.421. The number of halogens is 2. The molecule has 1 aliphatic carbocycles. The third-order valence-electron chi connectivity index (χ3n) is 11.0. The first-order chi connectivity index (χ1) is 25.4. The summed E-state index contributed by atoms with van der Waals surface area (Å²) in [7, 11) is 0. The van der Waals surface area contributed by atoms with Gasteiger partial charge in [-0.25, -0.2) is 18.3 Å². The molecule has 2 saturated heterocycles. The van der Waals surface area contributed by atoms with E-state index in [0.29, 0.717) is 47.3 Å². The Morgan fingerprint density at radius 3 is 2.40 bits per heavy atom. The van der Waals surface area contributed by atoms with Crippen molar-refractivity contribution in [3.63, 3.8) is 0 Å². The lowest BCUT2D eigenvalue weighted by atomic mass is 9.89. The molecule has 0 bridgehead atoms. The largest absolute Gasteiger partial charge is 0.386 e. The highest BCUT2D eigenvalue weighted by Crippen LogP contribution is 2.37. The number of nitrogens with one attached hydrogen (secondary N) is 2. The molecule has 3 amide bonds. The third kappa shape index (κ3) is 6.74. The summed E-state index contributed by atoms with van der Waals surface area (Å²) in [5.74, 6) is -4.01. The lowest BCUT2D eigenvalue weighted by Gasteiger charge is -2.42. The number of carbonyl (C=O) groups is 3. The van der Waals surface area contributed by atoms with Gasteiger partial charge in [-0.2, -0.15) is 10.2 Å². The molecule has 3 aliphatic rings. The van der Waals surface area contributed by atoms with E-state index < -0.39 is 35.0 Å². The molecule has 2 aromatic carbocycles. The van der Waals surface area contributed by atoms with Crippen LogP contribution in [0, 0.1) is 11.6 Å². The van der Waals surface area contributed by atoms with Crippen molar-refractivity contribution < 1.29 is 28.3 Å². The summed E-state index contributed by atoms with van der Waals surface area (Å²) in [6, 6.07) is 8.62. The first-order valence-corrected chi connectivity index (χ1v) is 18.1. The quantitative estimate of drug-likeness (QED) is 0.204. The van der Waals surface area contributed by atoms with E-state index in [0.717, 1.165) is 49.7 Å². The summed E-state index contributed by atoms with van der Waals surface area (Å²) in [6.45, 7) is 6.12. The van der Waals surface area contributed by atoms with E-state index in [-0.39, 0.29) is 30.4 Å². The van der Waals surface area contributed by atoms with Crippen molar-refractivity contribution in [2.75, 3.05) is 36.4 Å². The third-order valence-corrected chi connectivity index (χ3v) is 11.0. The Bertz CT molecular complexity index is 2210. The van der Waals surface area contributed by atoms with Gasteiger partial charge >= 0.3 is 0 Å². The lowest BCUT2D eigenvalue weighted by Crippen LogP contribution is -2.51. The predicted molar refractivity (Wildman–Crippen MR) is 192 cm³/mol. The van der Waals surface area contributed by atoms with Crippen LogP contribution in [0.2, 0.25) is 0 Å². The number of nitrogens with zero attached hydrogens (tertiary/aromatic N) is 7. The van der Waals surface area contributed by atoms with Crippen molar-refractivity contribution >= 4 is 45.6 Å². The standard InChI is InChI=1S/C38H41F2N9O4/c1-38(2,53)28-19-31-22(16-32(28)43-37(52)27-20-42-48-11-3-10-41-35(27)48)21-49(45-31)24-6-4-23(5-7-24)46-12-14-47(15-13-46)25-17-29(39)34(30(40)18-25)26-8-9-33(50)44-36(26)51/h3,10-11,16-21,23-24,26,53H,4-9,12-15H2,1-2H3,(H,43,52)(H,44,50,51)/t23?,24?,26-/m1/s1. The van der Waals surface area contributed by atoms with Gasteiger partial charge in [0.2, 0.25) is 11.8 Å². The Morgan fingerprint density at radius 2 is 1.70 bits per heavy atom. The van der Waals surface area contributed by atoms with E-state index in [1.165, 1.54) is 22.8 Å². The molecule has 0 spiro atoms. The number of aliphatic hydroxyl groups is 1. The second-order valence-electron chi connectivity index (χ2n) is 14.8. The van der Waals surface area contributed by atoms with Crippen LogP contribution in [0.5, 0.6) is 0 Å². The Labute approximate surface area is 304 Å². The highest BCUT2D eigenvalue weighted by molar-refractivity contribution is 6.09. The van der Waals surface area contributed by atoms with E-state index in [9.17, 15) is 19.5 Å². The zero-order valence-corrected chi connectivity index (χ0v) is 29.6. The monoisotopic (exact) mass is 725 g/mol. The van der Waals surface area contributed by atoms with Gasteiger partial charge < -0.3 is 15.3 Å². The van der Waals surface area contributed by atoms with Gasteiger partial charge in [0.15, 0.2) is 5.65 Å². The number of anilines is 2. The van der Waals surface area contributed by atoms with Crippen LogP contribution in [-0.4, -0.2) is 84.3 Å². The number of amides is 3. The zero-order valence-electron chi connectivity index (χ0n) is 29.6. The van der Waals surface area contributed by atoms with Gasteiger partial charge in [-0.3, -0.25) is 29.3 Å². The molecule has 3 fully saturated rings. The van der Waals surface area contributed by atoms with Gasteiger partial charge in [0, 0.05) is 85.1 Å². The summed E-state index contributed by atoms with van der Waals surface area (Å²) in [4.78, 5) is 45.9. The number of carbonyl (C=O) groups excluding carboxylic acids is 3. The van der Waals surface area contributed by atoms with E-state index in [1.54, 1.807) is 32.3 Å². The molecule has 5 heterocycles. The molecule has 276 valence electrons. The molecule has 1 atom stereocenters. The van der Waals surface area contributed by atoms with Gasteiger partial charge in [-0.05, 0) is 76.3 Å². The minimum absolute atomic E-state index is 0.0516. The molecular weight excluding hydrogens is 684 g/mol. The van der Waals surface area contributed by atoms with E-state index in [4.69, 9.17) is 5.10 Å². The normalized spacial score (nSPS) is 21.7. The minimum atomic E-state index is -1.25. The lowest BCUT2D eigenvalue weighted by molar-refractivity contribution is -0.134. The number of aromatic nitrogens is 5. The number of piperidine rings is 1. The van der Waals surface area contributed by atoms with Crippen LogP contribution in [-0.2, 0) is 15.2 Å². The second-order valence-corrected chi connectivity index (χ2v) is 14.8. The summed E-state index contributed by atoms with van der Waals surface area (Å²) >= 11 is 0. The van der Waals surface area contributed by atoms with Gasteiger partial charge in [0.1, 0.15) is 17.2 Å². The topological polar surface area (TPSA) is 150 Å². The van der Waals surface area contributed by atoms with Crippen LogP contribution >= 0.6 is 0 Å². The number of imide groups is 1. The van der Waals surface area contributed by atoms with Crippen LogP contribution in [0.3, 0.4) is 0 Å². The number of hydrogen-bond donors (Lipinski definition) is 3. The minimum Gasteiger partial charge on any atom is -0.386 e. The van der Waals surface area contributed by atoms with Crippen LogP contribution < -0.4 is 15.5 Å². The zero-order chi connectivity index (χ0) is 37.0. The van der Waals surface area contributed by atoms with Crippen molar-refractivity contribution in [1.29, 1.82) is 0 Å². The number of fused-ring (bicyclic) bond motifs is 2. The van der Waals surface area contributed by atoms with Gasteiger partial charge in [0.25, 0.3) is 5.91 Å². The van der Waals surface area contributed by atoms with Crippen molar-refractivity contribution in [3.05, 3.63) is 83.4 Å². The molecule has 53 heavy (non-hydrogen) atoms. The molecule has 1 saturated carbocycles. The second kappa shape index (κ2) is 13.6. The molecular formula is C38H41F2N9O4. The molecule has 0 radical (unpaired) electrons. The Kier molecular flexibility index (Phi) is 8.93. The van der Waals surface area contributed by atoms with Crippen LogP contribution in [0.4, 0.5) is 20.2 Å².